The maximum absolute atomic E-state index is 11.8. The van der Waals surface area contributed by atoms with E-state index in [4.69, 9.17) is 0 Å². The molecule has 0 atom stereocenters. The molecule has 0 unspecified atom stereocenters. The highest BCUT2D eigenvalue weighted by Gasteiger charge is 2.22. The van der Waals surface area contributed by atoms with E-state index < -0.39 is 0 Å². The first kappa shape index (κ1) is 10.9. The molecule has 2 heterocycles. The number of nitrogens with one attached hydrogen (secondary N) is 1. The minimum Gasteiger partial charge on any atom is -0.340 e. The van der Waals surface area contributed by atoms with Crippen molar-refractivity contribution >= 4 is 5.91 Å². The van der Waals surface area contributed by atoms with Gasteiger partial charge in [-0.3, -0.25) is 4.79 Å². The average Bonchev–Trinajstić information content (AvgIpc) is 2.16. The fourth-order valence-electron chi connectivity index (χ4n) is 2.09. The zero-order chi connectivity index (χ0) is 10.7. The van der Waals surface area contributed by atoms with E-state index in [0.29, 0.717) is 5.91 Å². The van der Waals surface area contributed by atoms with Crippen LogP contribution in [-0.2, 0) is 4.79 Å². The van der Waals surface area contributed by atoms with Crippen molar-refractivity contribution in [2.75, 3.05) is 46.3 Å². The van der Waals surface area contributed by atoms with Crippen molar-refractivity contribution in [2.45, 2.75) is 12.8 Å². The number of hydrogen-bond donors (Lipinski definition) is 1. The Hall–Kier alpha value is -0.610. The number of piperazine rings is 1. The number of amides is 1. The Bertz CT molecular complexity index is 220. The molecule has 2 aliphatic heterocycles. The summed E-state index contributed by atoms with van der Waals surface area (Å²) in [5.74, 6) is 1.11. The van der Waals surface area contributed by atoms with E-state index in [1.54, 1.807) is 0 Å². The lowest BCUT2D eigenvalue weighted by Crippen LogP contribution is -2.48. The predicted octanol–water partition coefficient (Wildman–Crippen LogP) is -0.240. The molecule has 2 aliphatic rings. The quantitative estimate of drug-likeness (QED) is 0.700. The molecule has 15 heavy (non-hydrogen) atoms. The highest BCUT2D eigenvalue weighted by Crippen LogP contribution is 2.12. The Morgan fingerprint density at radius 3 is 2.47 bits per heavy atom. The number of carbonyl (C=O) groups is 1. The molecule has 0 bridgehead atoms. The predicted molar refractivity (Wildman–Crippen MR) is 59.7 cm³/mol. The number of likely N-dealkylation sites (N-methyl/N-ethyl adjacent to an activating group) is 1. The lowest BCUT2D eigenvalue weighted by molar-refractivity contribution is -0.133. The van der Waals surface area contributed by atoms with Crippen molar-refractivity contribution in [3.63, 3.8) is 0 Å². The Balaban J connectivity index is 1.66. The molecule has 2 saturated heterocycles. The van der Waals surface area contributed by atoms with Gasteiger partial charge in [-0.15, -0.1) is 0 Å². The van der Waals surface area contributed by atoms with Crippen LogP contribution in [0, 0.1) is 5.92 Å². The number of carbonyl (C=O) groups excluding carboxylic acids is 1. The zero-order valence-corrected chi connectivity index (χ0v) is 9.54. The summed E-state index contributed by atoms with van der Waals surface area (Å²) >= 11 is 0. The fraction of sp³-hybridized carbons (Fsp3) is 0.909. The van der Waals surface area contributed by atoms with E-state index in [1.807, 2.05) is 4.90 Å². The van der Waals surface area contributed by atoms with Crippen LogP contribution in [0.2, 0.25) is 0 Å². The molecule has 0 aliphatic carbocycles. The highest BCUT2D eigenvalue weighted by atomic mass is 16.2. The summed E-state index contributed by atoms with van der Waals surface area (Å²) in [6, 6.07) is 0. The third-order valence-electron chi connectivity index (χ3n) is 3.49. The van der Waals surface area contributed by atoms with E-state index >= 15 is 0 Å². The van der Waals surface area contributed by atoms with Gasteiger partial charge >= 0.3 is 0 Å². The monoisotopic (exact) mass is 211 g/mol. The van der Waals surface area contributed by atoms with E-state index in [2.05, 4.69) is 17.3 Å². The van der Waals surface area contributed by atoms with Gasteiger partial charge in [-0.05, 0) is 32.5 Å². The molecule has 4 heteroatoms. The lowest BCUT2D eigenvalue weighted by atomic mass is 9.97. The first-order valence-electron chi connectivity index (χ1n) is 5.93. The van der Waals surface area contributed by atoms with Crippen molar-refractivity contribution in [3.8, 4) is 0 Å². The van der Waals surface area contributed by atoms with Gasteiger partial charge in [0, 0.05) is 32.6 Å². The summed E-state index contributed by atoms with van der Waals surface area (Å²) in [7, 11) is 2.11. The van der Waals surface area contributed by atoms with E-state index in [-0.39, 0.29) is 0 Å². The fourth-order valence-corrected chi connectivity index (χ4v) is 2.09. The molecular weight excluding hydrogens is 190 g/mol. The second-order valence-corrected chi connectivity index (χ2v) is 4.75. The van der Waals surface area contributed by atoms with Crippen molar-refractivity contribution in [2.24, 2.45) is 5.92 Å². The van der Waals surface area contributed by atoms with Crippen LogP contribution in [0.15, 0.2) is 0 Å². The van der Waals surface area contributed by atoms with E-state index in [1.165, 1.54) is 0 Å². The third-order valence-corrected chi connectivity index (χ3v) is 3.49. The van der Waals surface area contributed by atoms with E-state index in [0.717, 1.165) is 58.0 Å². The number of nitrogens with zero attached hydrogens (tertiary/aromatic N) is 2. The molecule has 0 aromatic heterocycles. The van der Waals surface area contributed by atoms with Gasteiger partial charge < -0.3 is 15.1 Å². The van der Waals surface area contributed by atoms with Gasteiger partial charge in [0.1, 0.15) is 0 Å². The summed E-state index contributed by atoms with van der Waals surface area (Å²) in [6.45, 7) is 6.09. The molecule has 2 rings (SSSR count). The van der Waals surface area contributed by atoms with Gasteiger partial charge in [0.25, 0.3) is 0 Å². The third kappa shape index (κ3) is 2.92. The molecule has 1 N–H and O–H groups in total. The van der Waals surface area contributed by atoms with Crippen LogP contribution >= 0.6 is 0 Å². The van der Waals surface area contributed by atoms with Crippen molar-refractivity contribution in [1.82, 2.24) is 15.1 Å². The van der Waals surface area contributed by atoms with Gasteiger partial charge in [0.2, 0.25) is 5.91 Å². The van der Waals surface area contributed by atoms with Gasteiger partial charge in [-0.25, -0.2) is 0 Å². The topological polar surface area (TPSA) is 35.6 Å². The van der Waals surface area contributed by atoms with Crippen LogP contribution in [0.3, 0.4) is 0 Å². The summed E-state index contributed by atoms with van der Waals surface area (Å²) < 4.78 is 0. The molecule has 0 saturated carbocycles. The van der Waals surface area contributed by atoms with Gasteiger partial charge in [0.15, 0.2) is 0 Å². The van der Waals surface area contributed by atoms with Crippen LogP contribution in [0.1, 0.15) is 12.8 Å². The molecule has 0 spiro atoms. The molecule has 1 amide bonds. The van der Waals surface area contributed by atoms with Crippen molar-refractivity contribution in [3.05, 3.63) is 0 Å². The Morgan fingerprint density at radius 1 is 1.27 bits per heavy atom. The summed E-state index contributed by atoms with van der Waals surface area (Å²) in [4.78, 5) is 16.1. The first-order chi connectivity index (χ1) is 7.25. The first-order valence-corrected chi connectivity index (χ1v) is 5.93. The Labute approximate surface area is 91.6 Å². The molecule has 86 valence electrons. The molecule has 0 aromatic carbocycles. The number of hydrogen-bond acceptors (Lipinski definition) is 3. The Morgan fingerprint density at radius 2 is 1.93 bits per heavy atom. The zero-order valence-electron chi connectivity index (χ0n) is 9.54. The van der Waals surface area contributed by atoms with Gasteiger partial charge in [-0.2, -0.15) is 0 Å². The summed E-state index contributed by atoms with van der Waals surface area (Å²) in [6.07, 6.45) is 1.81. The van der Waals surface area contributed by atoms with Crippen molar-refractivity contribution in [1.29, 1.82) is 0 Å². The van der Waals surface area contributed by atoms with Gasteiger partial charge in [0.05, 0.1) is 0 Å². The molecule has 4 nitrogen and oxygen atoms in total. The smallest absolute Gasteiger partial charge is 0.222 e. The standard InChI is InChI=1S/C11H21N3O/c1-13-4-6-14(7-5-13)11(15)3-2-10-8-12-9-10/h10,12H,2-9H2,1H3. The Kier molecular flexibility index (Phi) is 3.59. The van der Waals surface area contributed by atoms with Crippen LogP contribution in [0.25, 0.3) is 0 Å². The number of rotatable bonds is 3. The average molecular weight is 211 g/mol. The summed E-state index contributed by atoms with van der Waals surface area (Å²) in [5.41, 5.74) is 0. The SMILES string of the molecule is CN1CCN(C(=O)CCC2CNC2)CC1. The second-order valence-electron chi connectivity index (χ2n) is 4.75. The van der Waals surface area contributed by atoms with Crippen molar-refractivity contribution < 1.29 is 4.79 Å². The van der Waals surface area contributed by atoms with Gasteiger partial charge in [-0.1, -0.05) is 0 Å². The second kappa shape index (κ2) is 4.94. The maximum Gasteiger partial charge on any atom is 0.222 e. The van der Waals surface area contributed by atoms with E-state index in [9.17, 15) is 4.79 Å². The molecule has 0 radical (unpaired) electrons. The van der Waals surface area contributed by atoms with Crippen LogP contribution in [-0.4, -0.2) is 62.0 Å². The van der Waals surface area contributed by atoms with Crippen LogP contribution in [0.5, 0.6) is 0 Å². The van der Waals surface area contributed by atoms with Crippen LogP contribution in [0.4, 0.5) is 0 Å². The highest BCUT2D eigenvalue weighted by molar-refractivity contribution is 5.76. The van der Waals surface area contributed by atoms with Crippen LogP contribution < -0.4 is 5.32 Å². The summed E-state index contributed by atoms with van der Waals surface area (Å²) in [5, 5.41) is 3.24. The normalized spacial score (nSPS) is 23.9. The molecular formula is C11H21N3O. The maximum atomic E-state index is 11.8. The molecule has 2 fully saturated rings. The minimum atomic E-state index is 0.356. The molecule has 0 aromatic rings. The minimum absolute atomic E-state index is 0.356. The lowest BCUT2D eigenvalue weighted by Gasteiger charge is -2.33. The largest absolute Gasteiger partial charge is 0.340 e.